The van der Waals surface area contributed by atoms with Gasteiger partial charge in [0, 0.05) is 6.54 Å². The molecule has 0 aliphatic rings. The van der Waals surface area contributed by atoms with E-state index in [1.165, 1.54) is 18.7 Å². The number of nitrogens with one attached hydrogen (secondary N) is 1. The van der Waals surface area contributed by atoms with Crippen molar-refractivity contribution in [2.75, 3.05) is 12.8 Å². The van der Waals surface area contributed by atoms with E-state index in [4.69, 9.17) is 9.57 Å². The van der Waals surface area contributed by atoms with Gasteiger partial charge < -0.3 is 20.0 Å². The number of hydrogen-bond acceptors (Lipinski definition) is 7. The monoisotopic (exact) mass is 469 g/mol. The standard InChI is InChI=1S/C24H27N3O5S/c1-5-25-24(33-4)26-16(2)20(22(28)29)27-32-17(3)23(30)31-21(18-12-8-6-9-13-18)19-14-10-7-11-15-19/h6-15,17,21H,2,5H2,1,3-4H3,(H,25,26)(H,28,29)/b27-20-/t17-/m0/s1. The van der Waals surface area contributed by atoms with Gasteiger partial charge in [0.2, 0.25) is 11.8 Å². The van der Waals surface area contributed by atoms with Crippen molar-refractivity contribution in [2.45, 2.75) is 26.1 Å². The van der Waals surface area contributed by atoms with Gasteiger partial charge in [0.25, 0.3) is 0 Å². The van der Waals surface area contributed by atoms with Crippen LogP contribution in [-0.2, 0) is 19.2 Å². The number of benzene rings is 2. The molecule has 0 saturated heterocycles. The molecule has 0 unspecified atom stereocenters. The third-order valence-electron chi connectivity index (χ3n) is 4.31. The van der Waals surface area contributed by atoms with Crippen LogP contribution >= 0.6 is 11.8 Å². The summed E-state index contributed by atoms with van der Waals surface area (Å²) in [7, 11) is 0. The van der Waals surface area contributed by atoms with E-state index >= 15 is 0 Å². The summed E-state index contributed by atoms with van der Waals surface area (Å²) in [6.45, 7) is 7.48. The molecule has 1 atom stereocenters. The number of carbonyl (C=O) groups excluding carboxylic acids is 1. The van der Waals surface area contributed by atoms with E-state index in [1.54, 1.807) is 6.26 Å². The molecule has 174 valence electrons. The summed E-state index contributed by atoms with van der Waals surface area (Å²) in [6, 6.07) is 18.6. The van der Waals surface area contributed by atoms with Crippen LogP contribution in [0.3, 0.4) is 0 Å². The predicted molar refractivity (Wildman–Crippen MR) is 130 cm³/mol. The molecule has 33 heavy (non-hydrogen) atoms. The first-order valence-electron chi connectivity index (χ1n) is 10.2. The number of thioether (sulfide) groups is 1. The zero-order chi connectivity index (χ0) is 24.2. The Labute approximate surface area is 197 Å². The molecular weight excluding hydrogens is 442 g/mol. The van der Waals surface area contributed by atoms with Crippen LogP contribution in [0.15, 0.2) is 83.1 Å². The highest BCUT2D eigenvalue weighted by Gasteiger charge is 2.25. The van der Waals surface area contributed by atoms with Gasteiger partial charge in [-0.1, -0.05) is 84.2 Å². The second-order valence-corrected chi connectivity index (χ2v) is 7.51. The number of amidine groups is 1. The van der Waals surface area contributed by atoms with E-state index in [0.717, 1.165) is 11.1 Å². The summed E-state index contributed by atoms with van der Waals surface area (Å²) >= 11 is 1.30. The van der Waals surface area contributed by atoms with E-state index in [2.05, 4.69) is 22.0 Å². The summed E-state index contributed by atoms with van der Waals surface area (Å²) in [6.07, 6.45) is -0.0251. The number of carboxylic acid groups (broad SMARTS) is 1. The van der Waals surface area contributed by atoms with Gasteiger partial charge >= 0.3 is 11.9 Å². The van der Waals surface area contributed by atoms with Crippen molar-refractivity contribution >= 4 is 34.6 Å². The molecule has 2 N–H and O–H groups in total. The van der Waals surface area contributed by atoms with Gasteiger partial charge in [-0.15, -0.1) is 0 Å². The molecule has 0 aliphatic carbocycles. The number of aliphatic imine (C=N–C) groups is 1. The molecule has 0 radical (unpaired) electrons. The average molecular weight is 470 g/mol. The highest BCUT2D eigenvalue weighted by molar-refractivity contribution is 8.13. The summed E-state index contributed by atoms with van der Waals surface area (Å²) in [4.78, 5) is 33.7. The number of hydrogen-bond donors (Lipinski definition) is 2. The Morgan fingerprint density at radius 2 is 1.64 bits per heavy atom. The number of nitrogens with zero attached hydrogens (tertiary/aromatic N) is 2. The molecule has 2 aromatic carbocycles. The summed E-state index contributed by atoms with van der Waals surface area (Å²) in [5.74, 6) is -2.06. The van der Waals surface area contributed by atoms with Crippen LogP contribution in [0, 0.1) is 0 Å². The molecule has 0 bridgehead atoms. The predicted octanol–water partition coefficient (Wildman–Crippen LogP) is 4.01. The average Bonchev–Trinajstić information content (AvgIpc) is 2.82. The summed E-state index contributed by atoms with van der Waals surface area (Å²) in [5, 5.41) is 16.4. The number of aliphatic carboxylic acids is 1. The quantitative estimate of drug-likeness (QED) is 0.234. The van der Waals surface area contributed by atoms with Crippen LogP contribution in [0.4, 0.5) is 0 Å². The molecule has 0 aliphatic heterocycles. The number of esters is 1. The normalized spacial score (nSPS) is 12.7. The molecular formula is C24H27N3O5S. The van der Waals surface area contributed by atoms with E-state index < -0.39 is 29.9 Å². The Hall–Kier alpha value is -3.59. The lowest BCUT2D eigenvalue weighted by atomic mass is 10.0. The molecule has 2 rings (SSSR count). The zero-order valence-electron chi connectivity index (χ0n) is 18.7. The largest absolute Gasteiger partial charge is 0.476 e. The molecule has 0 heterocycles. The second kappa shape index (κ2) is 13.1. The Bertz CT molecular complexity index is 970. The van der Waals surface area contributed by atoms with Gasteiger partial charge in [-0.25, -0.2) is 9.59 Å². The van der Waals surface area contributed by atoms with Gasteiger partial charge in [-0.3, -0.25) is 4.99 Å². The van der Waals surface area contributed by atoms with Crippen molar-refractivity contribution in [3.63, 3.8) is 0 Å². The molecule has 0 saturated carbocycles. The fourth-order valence-electron chi connectivity index (χ4n) is 2.68. The van der Waals surface area contributed by atoms with Crippen LogP contribution < -0.4 is 5.32 Å². The van der Waals surface area contributed by atoms with Crippen molar-refractivity contribution in [3.8, 4) is 0 Å². The molecule has 0 spiro atoms. The topological polar surface area (TPSA) is 110 Å². The van der Waals surface area contributed by atoms with Gasteiger partial charge in [-0.05, 0) is 31.2 Å². The lowest BCUT2D eigenvalue weighted by Crippen LogP contribution is -2.30. The Balaban J connectivity index is 2.15. The van der Waals surface area contributed by atoms with Crippen molar-refractivity contribution in [2.24, 2.45) is 10.1 Å². The van der Waals surface area contributed by atoms with Crippen molar-refractivity contribution in [3.05, 3.63) is 84.1 Å². The smallest absolute Gasteiger partial charge is 0.360 e. The van der Waals surface area contributed by atoms with Gasteiger partial charge in [0.15, 0.2) is 11.3 Å². The lowest BCUT2D eigenvalue weighted by molar-refractivity contribution is -0.160. The molecule has 9 heteroatoms. The van der Waals surface area contributed by atoms with E-state index in [0.29, 0.717) is 11.7 Å². The maximum Gasteiger partial charge on any atom is 0.360 e. The summed E-state index contributed by atoms with van der Waals surface area (Å²) in [5.41, 5.74) is 1.08. The second-order valence-electron chi connectivity index (χ2n) is 6.72. The number of ether oxygens (including phenoxy) is 1. The third kappa shape index (κ3) is 7.80. The van der Waals surface area contributed by atoms with Gasteiger partial charge in [-0.2, -0.15) is 0 Å². The van der Waals surface area contributed by atoms with E-state index in [-0.39, 0.29) is 5.70 Å². The first-order chi connectivity index (χ1) is 15.9. The number of carboxylic acids is 1. The van der Waals surface area contributed by atoms with Crippen LogP contribution in [0.25, 0.3) is 0 Å². The van der Waals surface area contributed by atoms with E-state index in [9.17, 15) is 14.7 Å². The minimum atomic E-state index is -1.36. The van der Waals surface area contributed by atoms with Crippen molar-refractivity contribution in [1.82, 2.24) is 5.32 Å². The third-order valence-corrected chi connectivity index (χ3v) is 4.93. The minimum Gasteiger partial charge on any atom is -0.476 e. The molecule has 2 aromatic rings. The maximum absolute atomic E-state index is 12.7. The van der Waals surface area contributed by atoms with Gasteiger partial charge in [0.05, 0.1) is 5.70 Å². The fraction of sp³-hybridized carbons (Fsp3) is 0.250. The Morgan fingerprint density at radius 3 is 2.09 bits per heavy atom. The molecule has 8 nitrogen and oxygen atoms in total. The Kier molecular flexibility index (Phi) is 10.2. The van der Waals surface area contributed by atoms with Crippen LogP contribution in [0.1, 0.15) is 31.1 Å². The van der Waals surface area contributed by atoms with Crippen LogP contribution in [0.5, 0.6) is 0 Å². The molecule has 0 amide bonds. The van der Waals surface area contributed by atoms with Gasteiger partial charge in [0.1, 0.15) is 0 Å². The number of rotatable bonds is 10. The fourth-order valence-corrected chi connectivity index (χ4v) is 3.16. The Morgan fingerprint density at radius 1 is 1.09 bits per heavy atom. The number of oxime groups is 1. The van der Waals surface area contributed by atoms with Crippen molar-refractivity contribution in [1.29, 1.82) is 0 Å². The summed E-state index contributed by atoms with van der Waals surface area (Å²) < 4.78 is 5.71. The SMILES string of the molecule is C=C(NC(=NCC)SC)/C(=N/O[C@@H](C)C(=O)OC(c1ccccc1)c1ccccc1)C(=O)O. The van der Waals surface area contributed by atoms with Crippen molar-refractivity contribution < 1.29 is 24.3 Å². The van der Waals surface area contributed by atoms with E-state index in [1.807, 2.05) is 67.6 Å². The van der Waals surface area contributed by atoms with Crippen LogP contribution in [-0.4, -0.2) is 46.8 Å². The highest BCUT2D eigenvalue weighted by atomic mass is 32.2. The first kappa shape index (κ1) is 25.7. The zero-order valence-corrected chi connectivity index (χ0v) is 19.5. The molecule has 0 fully saturated rings. The van der Waals surface area contributed by atoms with Crippen LogP contribution in [0.2, 0.25) is 0 Å². The first-order valence-corrected chi connectivity index (χ1v) is 11.4. The lowest BCUT2D eigenvalue weighted by Gasteiger charge is -2.20. The molecule has 0 aromatic heterocycles. The minimum absolute atomic E-state index is 0.0175. The maximum atomic E-state index is 12.7. The highest BCUT2D eigenvalue weighted by Crippen LogP contribution is 2.26. The number of carbonyl (C=O) groups is 2.